The normalized spacial score (nSPS) is 23.1. The molecule has 2 saturated heterocycles. The van der Waals surface area contributed by atoms with Gasteiger partial charge in [0.15, 0.2) is 11.5 Å². The Labute approximate surface area is 187 Å². The second-order valence-corrected chi connectivity index (χ2v) is 8.27. The SMILES string of the molecule is CC(=O)O.CC(=O)O.O=C(O)CCC12CNCC1CN(Cc1ccc3c(c1)OCCO3)C2. The first-order valence-electron chi connectivity index (χ1n) is 10.5. The molecule has 10 nitrogen and oxygen atoms in total. The molecule has 2 atom stereocenters. The van der Waals surface area contributed by atoms with E-state index in [1.165, 1.54) is 5.56 Å². The van der Waals surface area contributed by atoms with Gasteiger partial charge in [0, 0.05) is 51.9 Å². The number of nitrogens with zero attached hydrogens (tertiary/aromatic N) is 1. The van der Waals surface area contributed by atoms with Crippen LogP contribution in [0.4, 0.5) is 0 Å². The molecular formula is C22H32N2O8. The summed E-state index contributed by atoms with van der Waals surface area (Å²) in [7, 11) is 0. The van der Waals surface area contributed by atoms with E-state index >= 15 is 0 Å². The third-order valence-corrected chi connectivity index (χ3v) is 5.60. The molecule has 2 unspecified atom stereocenters. The van der Waals surface area contributed by atoms with Crippen LogP contribution in [0.1, 0.15) is 32.3 Å². The molecule has 3 heterocycles. The third kappa shape index (κ3) is 7.69. The number of benzene rings is 1. The molecular weight excluding hydrogens is 420 g/mol. The van der Waals surface area contributed by atoms with Crippen LogP contribution in [0.2, 0.25) is 0 Å². The Kier molecular flexibility index (Phi) is 9.27. The zero-order valence-corrected chi connectivity index (χ0v) is 18.5. The van der Waals surface area contributed by atoms with E-state index in [1.54, 1.807) is 0 Å². The molecule has 4 rings (SSSR count). The van der Waals surface area contributed by atoms with Crippen molar-refractivity contribution in [1.29, 1.82) is 0 Å². The number of hydrogen-bond acceptors (Lipinski definition) is 7. The molecule has 0 radical (unpaired) electrons. The average molecular weight is 453 g/mol. The molecule has 32 heavy (non-hydrogen) atoms. The van der Waals surface area contributed by atoms with Gasteiger partial charge in [0.05, 0.1) is 0 Å². The highest BCUT2D eigenvalue weighted by Gasteiger charge is 2.49. The van der Waals surface area contributed by atoms with Crippen molar-refractivity contribution in [3.05, 3.63) is 23.8 Å². The molecule has 1 aromatic rings. The highest BCUT2D eigenvalue weighted by Crippen LogP contribution is 2.43. The maximum atomic E-state index is 11.0. The van der Waals surface area contributed by atoms with Crippen molar-refractivity contribution in [1.82, 2.24) is 10.2 Å². The highest BCUT2D eigenvalue weighted by atomic mass is 16.6. The summed E-state index contributed by atoms with van der Waals surface area (Å²) in [6.07, 6.45) is 1.02. The first-order chi connectivity index (χ1) is 15.1. The van der Waals surface area contributed by atoms with Crippen LogP contribution < -0.4 is 14.8 Å². The zero-order chi connectivity index (χ0) is 23.7. The lowest BCUT2D eigenvalue weighted by molar-refractivity contribution is -0.138. The van der Waals surface area contributed by atoms with Gasteiger partial charge in [-0.25, -0.2) is 0 Å². The molecule has 2 fully saturated rings. The lowest BCUT2D eigenvalue weighted by Gasteiger charge is -2.27. The summed E-state index contributed by atoms with van der Waals surface area (Å²) < 4.78 is 11.2. The van der Waals surface area contributed by atoms with Crippen molar-refractivity contribution in [3.63, 3.8) is 0 Å². The predicted molar refractivity (Wildman–Crippen MR) is 115 cm³/mol. The first kappa shape index (κ1) is 25.4. The summed E-state index contributed by atoms with van der Waals surface area (Å²) in [5.74, 6) is -0.153. The van der Waals surface area contributed by atoms with Gasteiger partial charge in [-0.3, -0.25) is 19.3 Å². The van der Waals surface area contributed by atoms with Crippen LogP contribution in [0.3, 0.4) is 0 Å². The Morgan fingerprint density at radius 2 is 1.72 bits per heavy atom. The van der Waals surface area contributed by atoms with Crippen LogP contribution in [0.15, 0.2) is 18.2 Å². The quantitative estimate of drug-likeness (QED) is 0.519. The molecule has 178 valence electrons. The first-order valence-corrected chi connectivity index (χ1v) is 10.5. The second-order valence-electron chi connectivity index (χ2n) is 8.27. The fraction of sp³-hybridized carbons (Fsp3) is 0.591. The van der Waals surface area contributed by atoms with Crippen molar-refractivity contribution >= 4 is 17.9 Å². The van der Waals surface area contributed by atoms with Crippen LogP contribution in [-0.4, -0.2) is 77.5 Å². The Morgan fingerprint density at radius 1 is 1.09 bits per heavy atom. The van der Waals surface area contributed by atoms with Gasteiger partial charge in [0.25, 0.3) is 11.9 Å². The van der Waals surface area contributed by atoms with E-state index in [0.29, 0.717) is 19.1 Å². The topological polar surface area (TPSA) is 146 Å². The molecule has 3 aliphatic rings. The molecule has 0 spiro atoms. The van der Waals surface area contributed by atoms with Crippen LogP contribution in [-0.2, 0) is 20.9 Å². The van der Waals surface area contributed by atoms with Gasteiger partial charge in [-0.1, -0.05) is 6.07 Å². The number of rotatable bonds is 5. The van der Waals surface area contributed by atoms with E-state index in [1.807, 2.05) is 6.07 Å². The Morgan fingerprint density at radius 3 is 2.34 bits per heavy atom. The summed E-state index contributed by atoms with van der Waals surface area (Å²) in [4.78, 5) is 31.4. The van der Waals surface area contributed by atoms with Crippen LogP contribution in [0.25, 0.3) is 0 Å². The summed E-state index contributed by atoms with van der Waals surface area (Å²) in [5.41, 5.74) is 1.34. The summed E-state index contributed by atoms with van der Waals surface area (Å²) in [5, 5.41) is 27.3. The summed E-state index contributed by atoms with van der Waals surface area (Å²) in [6, 6.07) is 6.16. The van der Waals surface area contributed by atoms with E-state index in [0.717, 1.165) is 64.5 Å². The largest absolute Gasteiger partial charge is 0.486 e. The van der Waals surface area contributed by atoms with Crippen molar-refractivity contribution in [2.24, 2.45) is 11.3 Å². The average Bonchev–Trinajstić information content (AvgIpc) is 3.22. The van der Waals surface area contributed by atoms with Crippen LogP contribution in [0, 0.1) is 11.3 Å². The number of likely N-dealkylation sites (tertiary alicyclic amines) is 1. The molecule has 0 bridgehead atoms. The zero-order valence-electron chi connectivity index (χ0n) is 18.5. The van der Waals surface area contributed by atoms with Crippen LogP contribution in [0.5, 0.6) is 11.5 Å². The number of hydrogen-bond donors (Lipinski definition) is 4. The third-order valence-electron chi connectivity index (χ3n) is 5.60. The van der Waals surface area contributed by atoms with Crippen molar-refractivity contribution in [2.75, 3.05) is 39.4 Å². The standard InChI is InChI=1S/C18H24N2O4.2C2H4O2/c21-17(22)3-4-18-11-19-8-14(18)10-20(12-18)9-13-1-2-15-16(7-13)24-6-5-23-15;2*1-2(3)4/h1-2,7,14,19H,3-6,8-12H2,(H,21,22);2*1H3,(H,3,4). The molecule has 0 amide bonds. The Hall–Kier alpha value is -2.85. The number of nitrogens with one attached hydrogen (secondary N) is 1. The van der Waals surface area contributed by atoms with Crippen molar-refractivity contribution < 1.29 is 39.2 Å². The molecule has 3 aliphatic heterocycles. The fourth-order valence-corrected chi connectivity index (χ4v) is 4.41. The van der Waals surface area contributed by atoms with E-state index in [9.17, 15) is 4.79 Å². The van der Waals surface area contributed by atoms with Gasteiger partial charge in [0.2, 0.25) is 0 Å². The monoisotopic (exact) mass is 452 g/mol. The maximum absolute atomic E-state index is 11.0. The lowest BCUT2D eigenvalue weighted by atomic mass is 9.77. The minimum atomic E-state index is -0.833. The number of aliphatic carboxylic acids is 3. The highest BCUT2D eigenvalue weighted by molar-refractivity contribution is 5.66. The van der Waals surface area contributed by atoms with Crippen LogP contribution >= 0.6 is 0 Å². The van der Waals surface area contributed by atoms with E-state index in [4.69, 9.17) is 34.4 Å². The van der Waals surface area contributed by atoms with Gasteiger partial charge in [-0.2, -0.15) is 0 Å². The summed E-state index contributed by atoms with van der Waals surface area (Å²) in [6.45, 7) is 8.18. The van der Waals surface area contributed by atoms with Gasteiger partial charge in [0.1, 0.15) is 13.2 Å². The van der Waals surface area contributed by atoms with Crippen molar-refractivity contribution in [2.45, 2.75) is 33.2 Å². The number of carboxylic acid groups (broad SMARTS) is 3. The minimum Gasteiger partial charge on any atom is -0.486 e. The Balaban J connectivity index is 0.000000395. The molecule has 10 heteroatoms. The minimum absolute atomic E-state index is 0.117. The van der Waals surface area contributed by atoms with Gasteiger partial charge >= 0.3 is 5.97 Å². The van der Waals surface area contributed by atoms with Gasteiger partial charge in [-0.05, 0) is 36.6 Å². The molecule has 0 saturated carbocycles. The molecule has 0 aromatic heterocycles. The van der Waals surface area contributed by atoms with E-state index in [-0.39, 0.29) is 11.8 Å². The van der Waals surface area contributed by atoms with E-state index in [2.05, 4.69) is 22.3 Å². The van der Waals surface area contributed by atoms with E-state index < -0.39 is 17.9 Å². The number of carboxylic acids is 3. The van der Waals surface area contributed by atoms with Gasteiger partial charge < -0.3 is 30.1 Å². The number of ether oxygens (including phenoxy) is 2. The molecule has 1 aromatic carbocycles. The number of fused-ring (bicyclic) bond motifs is 2. The van der Waals surface area contributed by atoms with Crippen molar-refractivity contribution in [3.8, 4) is 11.5 Å². The smallest absolute Gasteiger partial charge is 0.303 e. The second kappa shape index (κ2) is 11.7. The molecule has 4 N–H and O–H groups in total. The fourth-order valence-electron chi connectivity index (χ4n) is 4.41. The maximum Gasteiger partial charge on any atom is 0.303 e. The lowest BCUT2D eigenvalue weighted by Crippen LogP contribution is -2.33. The Bertz CT molecular complexity index is 795. The number of carbonyl (C=O) groups is 3. The van der Waals surface area contributed by atoms with Gasteiger partial charge in [-0.15, -0.1) is 0 Å². The summed E-state index contributed by atoms with van der Waals surface area (Å²) >= 11 is 0. The predicted octanol–water partition coefficient (Wildman–Crippen LogP) is 1.53. The molecule has 0 aliphatic carbocycles.